The second-order valence-corrected chi connectivity index (χ2v) is 5.71. The molecular formula is C11H10N6O2S. The van der Waals surface area contributed by atoms with Crippen molar-refractivity contribution in [2.75, 3.05) is 0 Å². The van der Waals surface area contributed by atoms with Crippen molar-refractivity contribution in [3.8, 4) is 0 Å². The van der Waals surface area contributed by atoms with Crippen LogP contribution in [0.2, 0.25) is 0 Å². The van der Waals surface area contributed by atoms with Crippen LogP contribution in [-0.2, 0) is 16.6 Å². The summed E-state index contributed by atoms with van der Waals surface area (Å²) in [5, 5.41) is 13.6. The second-order valence-electron chi connectivity index (χ2n) is 3.98. The number of nitrogens with one attached hydrogen (secondary N) is 2. The molecule has 2 N–H and O–H groups in total. The summed E-state index contributed by atoms with van der Waals surface area (Å²) in [6, 6.07) is 8.35. The Hall–Kier alpha value is -2.39. The molecule has 0 spiro atoms. The predicted molar refractivity (Wildman–Crippen MR) is 69.9 cm³/mol. The van der Waals surface area contributed by atoms with Gasteiger partial charge in [-0.3, -0.25) is 4.98 Å². The van der Waals surface area contributed by atoms with E-state index in [0.717, 1.165) is 0 Å². The molecule has 102 valence electrons. The molecule has 2 aromatic heterocycles. The van der Waals surface area contributed by atoms with E-state index < -0.39 is 10.0 Å². The van der Waals surface area contributed by atoms with Crippen LogP contribution in [0.15, 0.2) is 41.4 Å². The Morgan fingerprint density at radius 2 is 2.10 bits per heavy atom. The molecule has 0 unspecified atom stereocenters. The molecule has 0 amide bonds. The first-order valence-corrected chi connectivity index (χ1v) is 7.21. The number of hydrogen-bond donors (Lipinski definition) is 2. The molecule has 3 aromatic rings. The highest BCUT2D eigenvalue weighted by molar-refractivity contribution is 7.89. The zero-order chi connectivity index (χ0) is 14.0. The maximum Gasteiger partial charge on any atom is 0.241 e. The molecule has 20 heavy (non-hydrogen) atoms. The topological polar surface area (TPSA) is 114 Å². The molecular weight excluding hydrogens is 280 g/mol. The van der Waals surface area contributed by atoms with E-state index in [2.05, 4.69) is 30.3 Å². The number of pyridine rings is 1. The summed E-state index contributed by atoms with van der Waals surface area (Å²) in [5.74, 6) is 0.270. The number of benzene rings is 1. The van der Waals surface area contributed by atoms with Gasteiger partial charge in [-0.25, -0.2) is 13.1 Å². The highest BCUT2D eigenvalue weighted by Crippen LogP contribution is 2.20. The minimum absolute atomic E-state index is 0.0323. The number of nitrogens with zero attached hydrogens (tertiary/aromatic N) is 4. The average molecular weight is 290 g/mol. The molecule has 9 heteroatoms. The van der Waals surface area contributed by atoms with Gasteiger partial charge in [0.1, 0.15) is 0 Å². The van der Waals surface area contributed by atoms with Gasteiger partial charge >= 0.3 is 0 Å². The van der Waals surface area contributed by atoms with Crippen LogP contribution in [0.25, 0.3) is 10.9 Å². The Balaban J connectivity index is 1.97. The third kappa shape index (κ3) is 2.36. The lowest BCUT2D eigenvalue weighted by Gasteiger charge is -2.07. The lowest BCUT2D eigenvalue weighted by Crippen LogP contribution is -2.24. The summed E-state index contributed by atoms with van der Waals surface area (Å²) in [5.41, 5.74) is 0.620. The van der Waals surface area contributed by atoms with Crippen molar-refractivity contribution in [3.05, 3.63) is 42.4 Å². The van der Waals surface area contributed by atoms with Crippen LogP contribution in [0.1, 0.15) is 5.82 Å². The predicted octanol–water partition coefficient (Wildman–Crippen LogP) is 0.226. The van der Waals surface area contributed by atoms with Crippen LogP contribution in [0.4, 0.5) is 0 Å². The lowest BCUT2D eigenvalue weighted by molar-refractivity contribution is 0.580. The van der Waals surface area contributed by atoms with E-state index in [1.54, 1.807) is 30.5 Å². The first-order chi connectivity index (χ1) is 9.67. The van der Waals surface area contributed by atoms with Crippen LogP contribution in [0.3, 0.4) is 0 Å². The van der Waals surface area contributed by atoms with Crippen molar-refractivity contribution in [1.29, 1.82) is 0 Å². The van der Waals surface area contributed by atoms with E-state index in [1.807, 2.05) is 0 Å². The van der Waals surface area contributed by atoms with Crippen molar-refractivity contribution in [3.63, 3.8) is 0 Å². The minimum Gasteiger partial charge on any atom is -0.256 e. The van der Waals surface area contributed by atoms with Gasteiger partial charge in [-0.2, -0.15) is 5.21 Å². The Bertz CT molecular complexity index is 826. The smallest absolute Gasteiger partial charge is 0.241 e. The van der Waals surface area contributed by atoms with E-state index in [0.29, 0.717) is 10.9 Å². The Labute approximate surface area is 114 Å². The molecule has 0 bridgehead atoms. The van der Waals surface area contributed by atoms with Crippen molar-refractivity contribution in [2.24, 2.45) is 0 Å². The van der Waals surface area contributed by atoms with Gasteiger partial charge in [0.05, 0.1) is 17.0 Å². The number of aromatic amines is 1. The number of rotatable bonds is 4. The third-order valence-corrected chi connectivity index (χ3v) is 4.16. The average Bonchev–Trinajstić information content (AvgIpc) is 2.98. The second kappa shape index (κ2) is 4.94. The van der Waals surface area contributed by atoms with Gasteiger partial charge in [0.25, 0.3) is 0 Å². The van der Waals surface area contributed by atoms with Crippen molar-refractivity contribution >= 4 is 20.9 Å². The largest absolute Gasteiger partial charge is 0.256 e. The van der Waals surface area contributed by atoms with Crippen LogP contribution in [-0.4, -0.2) is 34.0 Å². The van der Waals surface area contributed by atoms with E-state index in [1.165, 1.54) is 6.07 Å². The van der Waals surface area contributed by atoms with Crippen LogP contribution >= 0.6 is 0 Å². The molecule has 1 aromatic carbocycles. The number of fused-ring (bicyclic) bond motifs is 1. The number of hydrogen-bond acceptors (Lipinski definition) is 6. The molecule has 0 radical (unpaired) electrons. The maximum absolute atomic E-state index is 12.3. The monoisotopic (exact) mass is 290 g/mol. The van der Waals surface area contributed by atoms with Crippen LogP contribution < -0.4 is 4.72 Å². The number of sulfonamides is 1. The van der Waals surface area contributed by atoms with Gasteiger partial charge in [-0.05, 0) is 24.3 Å². The fraction of sp³-hybridized carbons (Fsp3) is 0.0909. The van der Waals surface area contributed by atoms with Gasteiger partial charge < -0.3 is 0 Å². The molecule has 0 atom stereocenters. The summed E-state index contributed by atoms with van der Waals surface area (Å²) in [7, 11) is -3.67. The molecule has 3 rings (SSSR count). The fourth-order valence-corrected chi connectivity index (χ4v) is 3.00. The summed E-state index contributed by atoms with van der Waals surface area (Å²) < 4.78 is 27.1. The van der Waals surface area contributed by atoms with E-state index >= 15 is 0 Å². The van der Waals surface area contributed by atoms with Gasteiger partial charge in [-0.15, -0.1) is 10.2 Å². The molecule has 0 fully saturated rings. The third-order valence-electron chi connectivity index (χ3n) is 2.70. The SMILES string of the molecule is O=S(=O)(NCc1nn[nH]n1)c1cccc2ncccc12. The van der Waals surface area contributed by atoms with Crippen molar-refractivity contribution in [2.45, 2.75) is 11.4 Å². The number of H-pyrrole nitrogens is 1. The molecule has 0 aliphatic carbocycles. The highest BCUT2D eigenvalue weighted by Gasteiger charge is 2.17. The molecule has 0 saturated heterocycles. The quantitative estimate of drug-likeness (QED) is 0.711. The first-order valence-electron chi connectivity index (χ1n) is 5.72. The zero-order valence-corrected chi connectivity index (χ0v) is 11.0. The minimum atomic E-state index is -3.67. The summed E-state index contributed by atoms with van der Waals surface area (Å²) in [6.45, 7) is -0.0323. The molecule has 2 heterocycles. The first kappa shape index (κ1) is 12.6. The normalized spacial score (nSPS) is 11.8. The Morgan fingerprint density at radius 3 is 2.90 bits per heavy atom. The standard InChI is InChI=1S/C11H10N6O2S/c18-20(19,13-7-11-14-16-17-15-11)10-5-1-4-9-8(10)3-2-6-12-9/h1-6,13H,7H2,(H,14,15,16,17). The van der Waals surface area contributed by atoms with E-state index in [9.17, 15) is 8.42 Å². The van der Waals surface area contributed by atoms with Gasteiger partial charge in [0.15, 0.2) is 5.82 Å². The number of aromatic nitrogens is 5. The summed E-state index contributed by atoms with van der Waals surface area (Å²) in [6.07, 6.45) is 1.62. The van der Waals surface area contributed by atoms with Crippen LogP contribution in [0.5, 0.6) is 0 Å². The Morgan fingerprint density at radius 1 is 1.20 bits per heavy atom. The van der Waals surface area contributed by atoms with E-state index in [-0.39, 0.29) is 17.3 Å². The molecule has 0 aliphatic heterocycles. The zero-order valence-electron chi connectivity index (χ0n) is 10.2. The van der Waals surface area contributed by atoms with Crippen molar-refractivity contribution < 1.29 is 8.42 Å². The Kier molecular flexibility index (Phi) is 3.12. The molecule has 8 nitrogen and oxygen atoms in total. The summed E-state index contributed by atoms with van der Waals surface area (Å²) in [4.78, 5) is 4.31. The highest BCUT2D eigenvalue weighted by atomic mass is 32.2. The number of tetrazole rings is 1. The van der Waals surface area contributed by atoms with Gasteiger partial charge in [-0.1, -0.05) is 11.3 Å². The lowest BCUT2D eigenvalue weighted by atomic mass is 10.2. The summed E-state index contributed by atoms with van der Waals surface area (Å²) >= 11 is 0. The van der Waals surface area contributed by atoms with E-state index in [4.69, 9.17) is 0 Å². The van der Waals surface area contributed by atoms with Gasteiger partial charge in [0.2, 0.25) is 10.0 Å². The van der Waals surface area contributed by atoms with Crippen molar-refractivity contribution in [1.82, 2.24) is 30.3 Å². The maximum atomic E-state index is 12.3. The van der Waals surface area contributed by atoms with Gasteiger partial charge in [0, 0.05) is 11.6 Å². The van der Waals surface area contributed by atoms with Crippen LogP contribution in [0, 0.1) is 0 Å². The molecule has 0 saturated carbocycles. The molecule has 0 aliphatic rings. The fourth-order valence-electron chi connectivity index (χ4n) is 1.80.